The van der Waals surface area contributed by atoms with Crippen LogP contribution in [0.15, 0.2) is 42.6 Å². The van der Waals surface area contributed by atoms with Crippen LogP contribution in [0.3, 0.4) is 0 Å². The van der Waals surface area contributed by atoms with Crippen LogP contribution in [-0.4, -0.2) is 46.9 Å². The van der Waals surface area contributed by atoms with Crippen LogP contribution in [0.1, 0.15) is 46.2 Å². The highest BCUT2D eigenvalue weighted by Crippen LogP contribution is 2.31. The molecule has 1 atom stereocenters. The van der Waals surface area contributed by atoms with Gasteiger partial charge in [-0.05, 0) is 62.1 Å². The van der Waals surface area contributed by atoms with Gasteiger partial charge in [0.15, 0.2) is 5.65 Å². The van der Waals surface area contributed by atoms with E-state index in [2.05, 4.69) is 22.2 Å². The summed E-state index contributed by atoms with van der Waals surface area (Å²) in [7, 11) is 1.35. The Labute approximate surface area is 181 Å². The van der Waals surface area contributed by atoms with Crippen LogP contribution in [-0.2, 0) is 4.74 Å². The van der Waals surface area contributed by atoms with Crippen molar-refractivity contribution in [1.82, 2.24) is 14.9 Å². The maximum absolute atomic E-state index is 13.4. The quantitative estimate of drug-likeness (QED) is 0.635. The summed E-state index contributed by atoms with van der Waals surface area (Å²) >= 11 is 0. The molecule has 0 spiro atoms. The molecule has 0 aliphatic carbocycles. The summed E-state index contributed by atoms with van der Waals surface area (Å²) in [5.41, 5.74) is 3.84. The topological polar surface area (TPSA) is 84.4 Å². The smallest absolute Gasteiger partial charge is 0.337 e. The second-order valence-corrected chi connectivity index (χ2v) is 8.06. The Hall–Kier alpha value is -3.48. The number of esters is 1. The molecule has 1 saturated heterocycles. The number of amides is 1. The van der Waals surface area contributed by atoms with Crippen molar-refractivity contribution in [3.05, 3.63) is 59.4 Å². The van der Waals surface area contributed by atoms with Crippen molar-refractivity contribution >= 4 is 34.3 Å². The number of ether oxygens (including phenoxy) is 1. The number of pyridine rings is 2. The molecule has 1 aliphatic rings. The molecule has 3 heterocycles. The van der Waals surface area contributed by atoms with Gasteiger partial charge in [-0.3, -0.25) is 4.79 Å². The predicted octanol–water partition coefficient (Wildman–Crippen LogP) is 4.34. The summed E-state index contributed by atoms with van der Waals surface area (Å²) in [6, 6.07) is 10.8. The van der Waals surface area contributed by atoms with Crippen molar-refractivity contribution in [2.75, 3.05) is 25.5 Å². The van der Waals surface area contributed by atoms with Gasteiger partial charge >= 0.3 is 5.97 Å². The van der Waals surface area contributed by atoms with E-state index in [1.54, 1.807) is 30.5 Å². The molecule has 1 aliphatic heterocycles. The first-order valence-corrected chi connectivity index (χ1v) is 10.5. The molecule has 0 radical (unpaired) electrons. The van der Waals surface area contributed by atoms with Gasteiger partial charge in [0, 0.05) is 36.1 Å². The summed E-state index contributed by atoms with van der Waals surface area (Å²) in [5, 5.41) is 4.15. The molecule has 7 nitrogen and oxygen atoms in total. The van der Waals surface area contributed by atoms with Crippen LogP contribution < -0.4 is 5.32 Å². The summed E-state index contributed by atoms with van der Waals surface area (Å²) in [6.07, 6.45) is 3.76. The summed E-state index contributed by atoms with van der Waals surface area (Å²) in [4.78, 5) is 36.0. The molecular weight excluding hydrogens is 392 g/mol. The maximum atomic E-state index is 13.4. The third-order valence-electron chi connectivity index (χ3n) is 5.62. The van der Waals surface area contributed by atoms with Crippen LogP contribution in [0.2, 0.25) is 0 Å². The van der Waals surface area contributed by atoms with Gasteiger partial charge in [0.2, 0.25) is 0 Å². The Balaban J connectivity index is 1.74. The number of fused-ring (bicyclic) bond motifs is 1. The number of nitrogens with one attached hydrogen (secondary N) is 1. The fourth-order valence-electron chi connectivity index (χ4n) is 3.96. The third-order valence-corrected chi connectivity index (χ3v) is 5.62. The van der Waals surface area contributed by atoms with Gasteiger partial charge < -0.3 is 15.0 Å². The van der Waals surface area contributed by atoms with E-state index in [4.69, 9.17) is 4.74 Å². The first-order valence-electron chi connectivity index (χ1n) is 10.5. The predicted molar refractivity (Wildman–Crippen MR) is 120 cm³/mol. The minimum absolute atomic E-state index is 0.0322. The van der Waals surface area contributed by atoms with E-state index in [9.17, 15) is 9.59 Å². The first kappa shape index (κ1) is 20.8. The van der Waals surface area contributed by atoms with Gasteiger partial charge in [-0.15, -0.1) is 0 Å². The zero-order chi connectivity index (χ0) is 22.0. The Morgan fingerprint density at radius 2 is 1.94 bits per heavy atom. The van der Waals surface area contributed by atoms with Gasteiger partial charge in [-0.2, -0.15) is 0 Å². The molecule has 1 aromatic carbocycles. The highest BCUT2D eigenvalue weighted by Gasteiger charge is 2.25. The number of carbonyl (C=O) groups is 2. The molecule has 3 aromatic rings. The average Bonchev–Trinajstić information content (AvgIpc) is 2.78. The van der Waals surface area contributed by atoms with E-state index >= 15 is 0 Å². The molecular formula is C24H26N4O3. The monoisotopic (exact) mass is 418 g/mol. The standard InChI is InChI=1S/C24H26N4O3/c1-15-5-4-12-28(14-15)23(29)20-13-25-22-19(11-6-16(2)26-22)21(20)27-18-9-7-17(8-10-18)24(30)31-3/h6-11,13,15H,4-5,12,14H2,1-3H3,(H,25,26,27). The van der Waals surface area contributed by atoms with Crippen molar-refractivity contribution < 1.29 is 14.3 Å². The lowest BCUT2D eigenvalue weighted by atomic mass is 9.99. The SMILES string of the molecule is COC(=O)c1ccc(Nc2c(C(=O)N3CCCC(C)C3)cnc3nc(C)ccc23)cc1. The zero-order valence-electron chi connectivity index (χ0n) is 18.0. The molecule has 160 valence electrons. The average molecular weight is 418 g/mol. The highest BCUT2D eigenvalue weighted by molar-refractivity contribution is 6.07. The van der Waals surface area contributed by atoms with Crippen molar-refractivity contribution in [2.24, 2.45) is 5.92 Å². The lowest BCUT2D eigenvalue weighted by molar-refractivity contribution is 0.0600. The Morgan fingerprint density at radius 3 is 2.65 bits per heavy atom. The Morgan fingerprint density at radius 1 is 1.16 bits per heavy atom. The Bertz CT molecular complexity index is 1130. The largest absolute Gasteiger partial charge is 0.465 e. The van der Waals surface area contributed by atoms with Crippen LogP contribution in [0.4, 0.5) is 11.4 Å². The zero-order valence-corrected chi connectivity index (χ0v) is 18.0. The van der Waals surface area contributed by atoms with E-state index in [0.717, 1.165) is 42.7 Å². The van der Waals surface area contributed by atoms with E-state index in [1.807, 2.05) is 24.0 Å². The number of hydrogen-bond donors (Lipinski definition) is 1. The number of benzene rings is 1. The van der Waals surface area contributed by atoms with Gasteiger partial charge in [0.1, 0.15) is 0 Å². The molecule has 0 bridgehead atoms. The highest BCUT2D eigenvalue weighted by atomic mass is 16.5. The molecule has 7 heteroatoms. The van der Waals surface area contributed by atoms with Crippen molar-refractivity contribution in [2.45, 2.75) is 26.7 Å². The lowest BCUT2D eigenvalue weighted by Crippen LogP contribution is -2.39. The molecule has 2 aromatic heterocycles. The second kappa shape index (κ2) is 8.71. The fourth-order valence-corrected chi connectivity index (χ4v) is 3.96. The van der Waals surface area contributed by atoms with Gasteiger partial charge in [0.05, 0.1) is 23.9 Å². The molecule has 0 saturated carbocycles. The molecule has 4 rings (SSSR count). The summed E-state index contributed by atoms with van der Waals surface area (Å²) < 4.78 is 4.76. The summed E-state index contributed by atoms with van der Waals surface area (Å²) in [6.45, 7) is 5.58. The van der Waals surface area contributed by atoms with Gasteiger partial charge in [-0.1, -0.05) is 6.92 Å². The fraction of sp³-hybridized carbons (Fsp3) is 0.333. The third kappa shape index (κ3) is 4.35. The van der Waals surface area contributed by atoms with Crippen LogP contribution in [0, 0.1) is 12.8 Å². The number of rotatable bonds is 4. The number of aryl methyl sites for hydroxylation is 1. The minimum Gasteiger partial charge on any atom is -0.465 e. The number of aromatic nitrogens is 2. The van der Waals surface area contributed by atoms with E-state index < -0.39 is 5.97 Å². The molecule has 1 N–H and O–H groups in total. The second-order valence-electron chi connectivity index (χ2n) is 8.06. The minimum atomic E-state index is -0.393. The number of nitrogens with zero attached hydrogens (tertiary/aromatic N) is 3. The normalized spacial score (nSPS) is 16.2. The van der Waals surface area contributed by atoms with Crippen molar-refractivity contribution in [3.63, 3.8) is 0 Å². The van der Waals surface area contributed by atoms with Crippen LogP contribution >= 0.6 is 0 Å². The Kier molecular flexibility index (Phi) is 5.84. The van der Waals surface area contributed by atoms with E-state index in [0.29, 0.717) is 28.4 Å². The van der Waals surface area contributed by atoms with E-state index in [-0.39, 0.29) is 5.91 Å². The first-order chi connectivity index (χ1) is 15.0. The molecule has 1 amide bonds. The van der Waals surface area contributed by atoms with Crippen molar-refractivity contribution in [1.29, 1.82) is 0 Å². The van der Waals surface area contributed by atoms with Gasteiger partial charge in [-0.25, -0.2) is 14.8 Å². The number of likely N-dealkylation sites (tertiary alicyclic amines) is 1. The maximum Gasteiger partial charge on any atom is 0.337 e. The molecule has 1 fully saturated rings. The molecule has 1 unspecified atom stereocenters. The number of methoxy groups -OCH3 is 1. The summed E-state index contributed by atoms with van der Waals surface area (Å²) in [5.74, 6) is 0.0589. The lowest BCUT2D eigenvalue weighted by Gasteiger charge is -2.31. The van der Waals surface area contributed by atoms with Crippen molar-refractivity contribution in [3.8, 4) is 0 Å². The number of piperidine rings is 1. The molecule has 31 heavy (non-hydrogen) atoms. The van der Waals surface area contributed by atoms with Gasteiger partial charge in [0.25, 0.3) is 5.91 Å². The van der Waals surface area contributed by atoms with E-state index in [1.165, 1.54) is 7.11 Å². The number of carbonyl (C=O) groups excluding carboxylic acids is 2. The van der Waals surface area contributed by atoms with Crippen LogP contribution in [0.25, 0.3) is 11.0 Å². The number of hydrogen-bond acceptors (Lipinski definition) is 6. The van der Waals surface area contributed by atoms with Crippen LogP contribution in [0.5, 0.6) is 0 Å². The number of anilines is 2.